The van der Waals surface area contributed by atoms with E-state index in [1.165, 1.54) is 0 Å². The van der Waals surface area contributed by atoms with Crippen LogP contribution in [0.2, 0.25) is 0 Å². The molecule has 2 aromatic heterocycles. The normalized spacial score (nSPS) is 11.3. The molecule has 0 spiro atoms. The van der Waals surface area contributed by atoms with E-state index in [0.717, 1.165) is 33.1 Å². The highest BCUT2D eigenvalue weighted by molar-refractivity contribution is 6.11. The van der Waals surface area contributed by atoms with Crippen molar-refractivity contribution in [2.24, 2.45) is 0 Å². The molecule has 0 unspecified atom stereocenters. The van der Waals surface area contributed by atoms with Crippen LogP contribution < -0.4 is 4.74 Å². The molecule has 1 N–H and O–H groups in total. The average molecular weight is 312 g/mol. The highest BCUT2D eigenvalue weighted by atomic mass is 16.5. The minimum Gasteiger partial charge on any atom is -0.491 e. The Labute approximate surface area is 134 Å². The number of ether oxygens (including phenoxy) is 2. The quantitative estimate of drug-likeness (QED) is 0.740. The second-order valence-electron chi connectivity index (χ2n) is 5.74. The van der Waals surface area contributed by atoms with Gasteiger partial charge in [-0.25, -0.2) is 9.78 Å². The molecule has 0 bridgehead atoms. The van der Waals surface area contributed by atoms with Crippen LogP contribution in [0.1, 0.15) is 36.8 Å². The lowest BCUT2D eigenvalue weighted by atomic mass is 10.1. The minimum absolute atomic E-state index is 0.107. The van der Waals surface area contributed by atoms with E-state index in [4.69, 9.17) is 9.47 Å². The van der Waals surface area contributed by atoms with Crippen molar-refractivity contribution in [1.82, 2.24) is 9.97 Å². The molecule has 120 valence electrons. The van der Waals surface area contributed by atoms with E-state index in [2.05, 4.69) is 9.97 Å². The van der Waals surface area contributed by atoms with Crippen molar-refractivity contribution in [3.05, 3.63) is 35.7 Å². The van der Waals surface area contributed by atoms with Crippen LogP contribution in [0.3, 0.4) is 0 Å². The third-order valence-corrected chi connectivity index (χ3v) is 3.69. The Morgan fingerprint density at radius 2 is 2.09 bits per heavy atom. The number of benzene rings is 1. The zero-order valence-electron chi connectivity index (χ0n) is 13.8. The lowest BCUT2D eigenvalue weighted by Crippen LogP contribution is -2.09. The van der Waals surface area contributed by atoms with E-state index < -0.39 is 5.97 Å². The fraction of sp³-hybridized carbons (Fsp3) is 0.333. The summed E-state index contributed by atoms with van der Waals surface area (Å²) in [5.74, 6) is 0.415. The predicted octanol–water partition coefficient (Wildman–Crippen LogP) is 3.99. The lowest BCUT2D eigenvalue weighted by Gasteiger charge is -2.09. The Bertz CT molecular complexity index is 881. The van der Waals surface area contributed by atoms with Gasteiger partial charge in [0.1, 0.15) is 5.75 Å². The third kappa shape index (κ3) is 2.74. The summed E-state index contributed by atoms with van der Waals surface area (Å²) >= 11 is 0. The predicted molar refractivity (Wildman–Crippen MR) is 90.1 cm³/mol. The summed E-state index contributed by atoms with van der Waals surface area (Å²) in [7, 11) is 0. The maximum absolute atomic E-state index is 12.1. The Balaban J connectivity index is 2.21. The highest BCUT2D eigenvalue weighted by Crippen LogP contribution is 2.32. The molecule has 0 aliphatic carbocycles. The highest BCUT2D eigenvalue weighted by Gasteiger charge is 2.17. The van der Waals surface area contributed by atoms with E-state index in [0.29, 0.717) is 12.3 Å². The first-order valence-corrected chi connectivity index (χ1v) is 7.76. The summed E-state index contributed by atoms with van der Waals surface area (Å²) in [6, 6.07) is 5.92. The van der Waals surface area contributed by atoms with Crippen LogP contribution in [0.4, 0.5) is 0 Å². The van der Waals surface area contributed by atoms with Crippen molar-refractivity contribution < 1.29 is 14.3 Å². The third-order valence-electron chi connectivity index (χ3n) is 3.69. The molecule has 0 atom stereocenters. The molecule has 0 aliphatic heterocycles. The topological polar surface area (TPSA) is 64.2 Å². The van der Waals surface area contributed by atoms with Crippen molar-refractivity contribution in [2.75, 3.05) is 6.61 Å². The van der Waals surface area contributed by atoms with Crippen molar-refractivity contribution in [3.63, 3.8) is 0 Å². The SMILES string of the molecule is CCOC(=O)c1ncc2[nH]c3ccc(OC(C)C)cc3c2c1C. The first-order chi connectivity index (χ1) is 11.0. The van der Waals surface area contributed by atoms with Gasteiger partial charge in [-0.1, -0.05) is 0 Å². The van der Waals surface area contributed by atoms with Gasteiger partial charge in [0.2, 0.25) is 0 Å². The zero-order valence-corrected chi connectivity index (χ0v) is 13.8. The van der Waals surface area contributed by atoms with Crippen LogP contribution in [0.25, 0.3) is 21.8 Å². The smallest absolute Gasteiger partial charge is 0.357 e. The molecular formula is C18H20N2O3. The van der Waals surface area contributed by atoms with Gasteiger partial charge in [-0.3, -0.25) is 0 Å². The molecular weight excluding hydrogens is 292 g/mol. The van der Waals surface area contributed by atoms with Gasteiger partial charge in [0.15, 0.2) is 5.69 Å². The van der Waals surface area contributed by atoms with Crippen LogP contribution in [-0.2, 0) is 4.74 Å². The molecule has 1 aromatic carbocycles. The zero-order chi connectivity index (χ0) is 16.6. The number of esters is 1. The Morgan fingerprint density at radius 3 is 2.78 bits per heavy atom. The monoisotopic (exact) mass is 312 g/mol. The van der Waals surface area contributed by atoms with Gasteiger partial charge >= 0.3 is 5.97 Å². The van der Waals surface area contributed by atoms with Crippen LogP contribution in [0.15, 0.2) is 24.4 Å². The van der Waals surface area contributed by atoms with Crippen LogP contribution in [0.5, 0.6) is 5.75 Å². The maximum atomic E-state index is 12.1. The van der Waals surface area contributed by atoms with Crippen LogP contribution in [0, 0.1) is 6.92 Å². The second-order valence-corrected chi connectivity index (χ2v) is 5.74. The Hall–Kier alpha value is -2.56. The fourth-order valence-corrected chi connectivity index (χ4v) is 2.79. The number of hydrogen-bond acceptors (Lipinski definition) is 4. The van der Waals surface area contributed by atoms with Gasteiger partial charge in [0.05, 0.1) is 24.4 Å². The summed E-state index contributed by atoms with van der Waals surface area (Å²) in [6.45, 7) is 8.00. The number of hydrogen-bond donors (Lipinski definition) is 1. The molecule has 5 nitrogen and oxygen atoms in total. The minimum atomic E-state index is -0.393. The summed E-state index contributed by atoms with van der Waals surface area (Å²) in [6.07, 6.45) is 1.79. The van der Waals surface area contributed by atoms with E-state index in [-0.39, 0.29) is 6.10 Å². The number of nitrogens with zero attached hydrogens (tertiary/aromatic N) is 1. The Morgan fingerprint density at radius 1 is 1.30 bits per heavy atom. The number of carbonyl (C=O) groups is 1. The molecule has 0 saturated heterocycles. The number of rotatable bonds is 4. The molecule has 5 heteroatoms. The average Bonchev–Trinajstić information content (AvgIpc) is 2.85. The summed E-state index contributed by atoms with van der Waals surface area (Å²) in [4.78, 5) is 19.6. The second kappa shape index (κ2) is 5.91. The van der Waals surface area contributed by atoms with Crippen LogP contribution in [-0.4, -0.2) is 28.6 Å². The standard InChI is InChI=1S/C18H20N2O3/c1-5-22-18(21)17-11(4)16-13-8-12(23-10(2)3)6-7-14(13)20-15(16)9-19-17/h6-10,20H,5H2,1-4H3. The maximum Gasteiger partial charge on any atom is 0.357 e. The molecule has 3 aromatic rings. The molecule has 2 heterocycles. The van der Waals surface area contributed by atoms with Gasteiger partial charge in [0, 0.05) is 16.3 Å². The molecule has 0 amide bonds. The summed E-state index contributed by atoms with van der Waals surface area (Å²) in [5, 5.41) is 2.00. The molecule has 0 radical (unpaired) electrons. The first kappa shape index (κ1) is 15.3. The summed E-state index contributed by atoms with van der Waals surface area (Å²) in [5.41, 5.74) is 3.05. The molecule has 0 aliphatic rings. The van der Waals surface area contributed by atoms with Crippen molar-refractivity contribution in [3.8, 4) is 5.75 Å². The van der Waals surface area contributed by atoms with E-state index in [1.807, 2.05) is 39.0 Å². The number of carbonyl (C=O) groups excluding carboxylic acids is 1. The molecule has 3 rings (SSSR count). The number of aryl methyl sites for hydroxylation is 1. The van der Waals surface area contributed by atoms with Crippen molar-refractivity contribution in [1.29, 1.82) is 0 Å². The van der Waals surface area contributed by atoms with E-state index in [9.17, 15) is 4.79 Å². The van der Waals surface area contributed by atoms with E-state index >= 15 is 0 Å². The number of pyridine rings is 1. The number of H-pyrrole nitrogens is 1. The molecule has 23 heavy (non-hydrogen) atoms. The van der Waals surface area contributed by atoms with Gasteiger partial charge in [-0.2, -0.15) is 0 Å². The number of aromatic nitrogens is 2. The first-order valence-electron chi connectivity index (χ1n) is 7.76. The fourth-order valence-electron chi connectivity index (χ4n) is 2.79. The lowest BCUT2D eigenvalue weighted by molar-refractivity contribution is 0.0519. The van der Waals surface area contributed by atoms with Crippen molar-refractivity contribution in [2.45, 2.75) is 33.8 Å². The van der Waals surface area contributed by atoms with E-state index in [1.54, 1.807) is 13.1 Å². The van der Waals surface area contributed by atoms with Crippen LogP contribution >= 0.6 is 0 Å². The van der Waals surface area contributed by atoms with Gasteiger partial charge in [-0.15, -0.1) is 0 Å². The number of fused-ring (bicyclic) bond motifs is 3. The van der Waals surface area contributed by atoms with Crippen molar-refractivity contribution >= 4 is 27.8 Å². The summed E-state index contributed by atoms with van der Waals surface area (Å²) < 4.78 is 10.9. The van der Waals surface area contributed by atoms with Gasteiger partial charge < -0.3 is 14.5 Å². The van der Waals surface area contributed by atoms with Gasteiger partial charge in [0.25, 0.3) is 0 Å². The molecule has 0 saturated carbocycles. The number of aromatic amines is 1. The molecule has 0 fully saturated rings. The number of nitrogens with one attached hydrogen (secondary N) is 1. The largest absolute Gasteiger partial charge is 0.491 e. The van der Waals surface area contributed by atoms with Gasteiger partial charge in [-0.05, 0) is 51.5 Å². The Kier molecular flexibility index (Phi) is 3.94.